The number of thioether (sulfide) groups is 1. The molecule has 2 aromatic rings. The van der Waals surface area contributed by atoms with Gasteiger partial charge in [-0.1, -0.05) is 40.2 Å². The summed E-state index contributed by atoms with van der Waals surface area (Å²) in [6.07, 6.45) is 0. The Labute approximate surface area is 173 Å². The Kier molecular flexibility index (Phi) is 8.67. The van der Waals surface area contributed by atoms with E-state index in [1.807, 2.05) is 61.6 Å². The molecule has 0 aromatic heterocycles. The average Bonchev–Trinajstić information content (AvgIpc) is 2.66. The number of anilines is 2. The van der Waals surface area contributed by atoms with E-state index in [4.69, 9.17) is 0 Å². The molecule has 5 nitrogen and oxygen atoms in total. The lowest BCUT2D eigenvalue weighted by Gasteiger charge is -2.27. The number of halogens is 1. The minimum Gasteiger partial charge on any atom is -0.370 e. The second-order valence-corrected chi connectivity index (χ2v) is 8.05. The number of carbonyl (C=O) groups excluding carboxylic acids is 2. The standard InChI is InChI=1S/C20H24BrN3O2S/c1-15(24(2)18-9-4-3-5-10-18)12-22-19(25)13-27-14-20(26)23-17-8-6-7-16(21)11-17/h3-11,15H,12-14H2,1-2H3,(H,22,25)(H,23,26). The smallest absolute Gasteiger partial charge is 0.234 e. The van der Waals surface area contributed by atoms with E-state index in [2.05, 4.69) is 38.4 Å². The van der Waals surface area contributed by atoms with Crippen LogP contribution >= 0.6 is 27.7 Å². The van der Waals surface area contributed by atoms with Crippen molar-refractivity contribution in [1.82, 2.24) is 5.32 Å². The molecule has 1 atom stereocenters. The highest BCUT2D eigenvalue weighted by molar-refractivity contribution is 9.10. The molecule has 0 fully saturated rings. The molecule has 0 radical (unpaired) electrons. The zero-order valence-corrected chi connectivity index (χ0v) is 17.8. The predicted molar refractivity (Wildman–Crippen MR) is 117 cm³/mol. The van der Waals surface area contributed by atoms with Crippen LogP contribution < -0.4 is 15.5 Å². The van der Waals surface area contributed by atoms with Crippen LogP contribution in [0, 0.1) is 0 Å². The first-order valence-corrected chi connectivity index (χ1v) is 10.6. The predicted octanol–water partition coefficient (Wildman–Crippen LogP) is 3.76. The molecular formula is C20H24BrN3O2S. The van der Waals surface area contributed by atoms with Crippen LogP contribution in [-0.4, -0.2) is 43.0 Å². The maximum atomic E-state index is 12.0. The van der Waals surface area contributed by atoms with Gasteiger partial charge < -0.3 is 15.5 Å². The molecule has 0 aliphatic heterocycles. The molecule has 0 bridgehead atoms. The maximum Gasteiger partial charge on any atom is 0.234 e. The largest absolute Gasteiger partial charge is 0.370 e. The monoisotopic (exact) mass is 449 g/mol. The lowest BCUT2D eigenvalue weighted by molar-refractivity contribution is -0.118. The summed E-state index contributed by atoms with van der Waals surface area (Å²) in [7, 11) is 2.01. The van der Waals surface area contributed by atoms with Crippen LogP contribution in [-0.2, 0) is 9.59 Å². The van der Waals surface area contributed by atoms with E-state index < -0.39 is 0 Å². The van der Waals surface area contributed by atoms with Crippen molar-refractivity contribution in [3.8, 4) is 0 Å². The Morgan fingerprint density at radius 2 is 1.78 bits per heavy atom. The Morgan fingerprint density at radius 1 is 1.07 bits per heavy atom. The van der Waals surface area contributed by atoms with Crippen LogP contribution in [0.3, 0.4) is 0 Å². The Hall–Kier alpha value is -1.99. The van der Waals surface area contributed by atoms with E-state index in [0.717, 1.165) is 15.8 Å². The van der Waals surface area contributed by atoms with Crippen molar-refractivity contribution < 1.29 is 9.59 Å². The van der Waals surface area contributed by atoms with Crippen molar-refractivity contribution in [2.24, 2.45) is 0 Å². The van der Waals surface area contributed by atoms with Crippen molar-refractivity contribution in [3.05, 3.63) is 59.1 Å². The van der Waals surface area contributed by atoms with Gasteiger partial charge in [0.05, 0.1) is 11.5 Å². The quantitative estimate of drug-likeness (QED) is 0.611. The highest BCUT2D eigenvalue weighted by Crippen LogP contribution is 2.16. The number of rotatable bonds is 9. The number of hydrogen-bond donors (Lipinski definition) is 2. The second kappa shape index (κ2) is 11.0. The molecule has 0 spiro atoms. The molecule has 0 saturated carbocycles. The lowest BCUT2D eigenvalue weighted by atomic mass is 10.2. The second-order valence-electron chi connectivity index (χ2n) is 6.15. The van der Waals surface area contributed by atoms with Crippen LogP contribution in [0.1, 0.15) is 6.92 Å². The number of nitrogens with one attached hydrogen (secondary N) is 2. The number of carbonyl (C=O) groups is 2. The molecule has 1 unspecified atom stereocenters. The van der Waals surface area contributed by atoms with Crippen molar-refractivity contribution in [2.75, 3.05) is 35.3 Å². The molecule has 0 aliphatic carbocycles. The van der Waals surface area contributed by atoms with Crippen molar-refractivity contribution in [2.45, 2.75) is 13.0 Å². The Balaban J connectivity index is 1.65. The number of benzene rings is 2. The molecular weight excluding hydrogens is 426 g/mol. The van der Waals surface area contributed by atoms with Gasteiger partial charge in [-0.15, -0.1) is 11.8 Å². The van der Waals surface area contributed by atoms with Gasteiger partial charge in [0, 0.05) is 35.5 Å². The summed E-state index contributed by atoms with van der Waals surface area (Å²) in [6.45, 7) is 2.61. The van der Waals surface area contributed by atoms with Crippen LogP contribution in [0.4, 0.5) is 11.4 Å². The van der Waals surface area contributed by atoms with Gasteiger partial charge in [0.15, 0.2) is 0 Å². The summed E-state index contributed by atoms with van der Waals surface area (Å²) < 4.78 is 0.905. The van der Waals surface area contributed by atoms with E-state index in [1.54, 1.807) is 0 Å². The van der Waals surface area contributed by atoms with Crippen LogP contribution in [0.2, 0.25) is 0 Å². The first-order valence-electron chi connectivity index (χ1n) is 8.63. The van der Waals surface area contributed by atoms with Gasteiger partial charge in [-0.05, 0) is 37.3 Å². The summed E-state index contributed by atoms with van der Waals surface area (Å²) >= 11 is 4.66. The lowest BCUT2D eigenvalue weighted by Crippen LogP contribution is -2.40. The van der Waals surface area contributed by atoms with Gasteiger partial charge in [0.25, 0.3) is 0 Å². The van der Waals surface area contributed by atoms with Crippen LogP contribution in [0.5, 0.6) is 0 Å². The maximum absolute atomic E-state index is 12.0. The minimum absolute atomic E-state index is 0.0661. The highest BCUT2D eigenvalue weighted by Gasteiger charge is 2.12. The molecule has 2 aromatic carbocycles. The van der Waals surface area contributed by atoms with Gasteiger partial charge >= 0.3 is 0 Å². The van der Waals surface area contributed by atoms with Crippen molar-refractivity contribution in [1.29, 1.82) is 0 Å². The van der Waals surface area contributed by atoms with Gasteiger partial charge in [-0.25, -0.2) is 0 Å². The molecule has 0 aliphatic rings. The molecule has 2 rings (SSSR count). The van der Waals surface area contributed by atoms with Crippen molar-refractivity contribution in [3.63, 3.8) is 0 Å². The zero-order valence-electron chi connectivity index (χ0n) is 15.4. The summed E-state index contributed by atoms with van der Waals surface area (Å²) in [4.78, 5) is 26.1. The SMILES string of the molecule is CC(CNC(=O)CSCC(=O)Nc1cccc(Br)c1)N(C)c1ccccc1. The van der Waals surface area contributed by atoms with Gasteiger partial charge in [0.1, 0.15) is 0 Å². The van der Waals surface area contributed by atoms with E-state index in [9.17, 15) is 9.59 Å². The fraction of sp³-hybridized carbons (Fsp3) is 0.300. The third-order valence-corrected chi connectivity index (χ3v) is 5.42. The Morgan fingerprint density at radius 3 is 2.48 bits per heavy atom. The molecule has 0 heterocycles. The number of para-hydroxylation sites is 1. The molecule has 27 heavy (non-hydrogen) atoms. The molecule has 7 heteroatoms. The van der Waals surface area contributed by atoms with E-state index >= 15 is 0 Å². The zero-order chi connectivity index (χ0) is 19.6. The van der Waals surface area contributed by atoms with E-state index in [-0.39, 0.29) is 29.4 Å². The van der Waals surface area contributed by atoms with Gasteiger partial charge in [0.2, 0.25) is 11.8 Å². The van der Waals surface area contributed by atoms with Crippen LogP contribution in [0.15, 0.2) is 59.1 Å². The minimum atomic E-state index is -0.122. The topological polar surface area (TPSA) is 61.4 Å². The van der Waals surface area contributed by atoms with Crippen molar-refractivity contribution >= 4 is 50.9 Å². The summed E-state index contributed by atoms with van der Waals surface area (Å²) in [5.74, 6) is 0.305. The Bertz CT molecular complexity index is 758. The third-order valence-electron chi connectivity index (χ3n) is 3.99. The van der Waals surface area contributed by atoms with Crippen LogP contribution in [0.25, 0.3) is 0 Å². The third kappa shape index (κ3) is 7.64. The summed E-state index contributed by atoms with van der Waals surface area (Å²) in [5.41, 5.74) is 1.84. The molecule has 2 amide bonds. The van der Waals surface area contributed by atoms with E-state index in [1.165, 1.54) is 11.8 Å². The molecule has 144 valence electrons. The number of hydrogen-bond acceptors (Lipinski definition) is 4. The highest BCUT2D eigenvalue weighted by atomic mass is 79.9. The summed E-state index contributed by atoms with van der Waals surface area (Å²) in [6, 6.07) is 17.6. The molecule has 2 N–H and O–H groups in total. The first kappa shape index (κ1) is 21.3. The van der Waals surface area contributed by atoms with E-state index in [0.29, 0.717) is 6.54 Å². The number of amides is 2. The molecule has 0 saturated heterocycles. The first-order chi connectivity index (χ1) is 13.0. The number of nitrogens with zero attached hydrogens (tertiary/aromatic N) is 1. The fourth-order valence-corrected chi connectivity index (χ4v) is 3.41. The normalized spacial score (nSPS) is 11.5. The van der Waals surface area contributed by atoms with Gasteiger partial charge in [-0.3, -0.25) is 9.59 Å². The fourth-order valence-electron chi connectivity index (χ4n) is 2.37. The average molecular weight is 450 g/mol. The number of likely N-dealkylation sites (N-methyl/N-ethyl adjacent to an activating group) is 1. The summed E-state index contributed by atoms with van der Waals surface area (Å²) in [5, 5.41) is 5.74. The van der Waals surface area contributed by atoms with Gasteiger partial charge in [-0.2, -0.15) is 0 Å².